The number of thioether (sulfide) groups is 1. The average Bonchev–Trinajstić information content (AvgIpc) is 3.36. The molecule has 0 aliphatic carbocycles. The largest absolute Gasteiger partial charge is 0.486 e. The number of aliphatic hydroxyl groups is 2. The second kappa shape index (κ2) is 8.95. The number of nitrogens with zero attached hydrogens (tertiary/aromatic N) is 4. The molecule has 160 valence electrons. The molecule has 0 amide bonds. The van der Waals surface area contributed by atoms with Crippen LogP contribution in [0.25, 0.3) is 11.4 Å². The summed E-state index contributed by atoms with van der Waals surface area (Å²) in [6.45, 7) is -0.402. The molecule has 2 aromatic heterocycles. The number of ether oxygens (including phenoxy) is 1. The van der Waals surface area contributed by atoms with Gasteiger partial charge in [0.25, 0.3) is 5.19 Å². The van der Waals surface area contributed by atoms with Gasteiger partial charge in [0.1, 0.15) is 29.0 Å². The first-order valence-corrected chi connectivity index (χ1v) is 11.2. The van der Waals surface area contributed by atoms with E-state index in [0.717, 1.165) is 11.3 Å². The van der Waals surface area contributed by atoms with E-state index >= 15 is 0 Å². The van der Waals surface area contributed by atoms with Gasteiger partial charge in [0.05, 0.1) is 28.9 Å². The highest BCUT2D eigenvalue weighted by Crippen LogP contribution is 2.40. The van der Waals surface area contributed by atoms with Crippen molar-refractivity contribution in [3.05, 3.63) is 39.6 Å². The van der Waals surface area contributed by atoms with E-state index in [2.05, 4.69) is 15.3 Å². The van der Waals surface area contributed by atoms with Gasteiger partial charge in [-0.25, -0.2) is 14.1 Å². The molecule has 1 aromatic carbocycles. The number of aliphatic hydroxyl groups excluding tert-OH is 2. The van der Waals surface area contributed by atoms with Crippen LogP contribution in [0.3, 0.4) is 0 Å². The van der Waals surface area contributed by atoms with Crippen LogP contribution >= 0.6 is 46.3 Å². The second-order valence-corrected chi connectivity index (χ2v) is 9.38. The van der Waals surface area contributed by atoms with E-state index < -0.39 is 36.1 Å². The molecule has 3 heterocycles. The highest BCUT2D eigenvalue weighted by atomic mass is 35.5. The molecule has 4 atom stereocenters. The van der Waals surface area contributed by atoms with Gasteiger partial charge in [-0.3, -0.25) is 0 Å². The summed E-state index contributed by atoms with van der Waals surface area (Å²) >= 11 is 14.0. The van der Waals surface area contributed by atoms with E-state index in [1.54, 1.807) is 11.6 Å². The first kappa shape index (κ1) is 21.8. The number of hydrogen-bond donors (Lipinski definition) is 3. The van der Waals surface area contributed by atoms with Crippen molar-refractivity contribution in [1.29, 1.82) is 0 Å². The number of thiazole rings is 1. The molecular weight excluding hydrogens is 478 g/mol. The predicted octanol–water partition coefficient (Wildman–Crippen LogP) is 3.35. The Balaban J connectivity index is 1.56. The van der Waals surface area contributed by atoms with E-state index in [-0.39, 0.29) is 15.2 Å². The third-order valence-electron chi connectivity index (χ3n) is 4.55. The van der Waals surface area contributed by atoms with Gasteiger partial charge in [0.15, 0.2) is 5.82 Å². The van der Waals surface area contributed by atoms with Crippen LogP contribution in [0.5, 0.6) is 5.19 Å². The van der Waals surface area contributed by atoms with Gasteiger partial charge in [-0.15, -0.1) is 5.10 Å². The maximum atomic E-state index is 13.7. The van der Waals surface area contributed by atoms with Gasteiger partial charge < -0.3 is 20.1 Å². The maximum absolute atomic E-state index is 13.7. The quantitative estimate of drug-likeness (QED) is 0.464. The SMILES string of the molecule is OC[C@H]1O[C@H](Sc2cc(Cl)c(F)c(Cl)c2)C[C@@H](n2cc(-c3csc(O)n3)nn2)[C@H]1O. The molecule has 1 aliphatic heterocycles. The molecule has 0 spiro atoms. The summed E-state index contributed by atoms with van der Waals surface area (Å²) < 4.78 is 20.9. The van der Waals surface area contributed by atoms with Gasteiger partial charge >= 0.3 is 0 Å². The Hall–Kier alpha value is -1.47. The molecule has 8 nitrogen and oxygen atoms in total. The Morgan fingerprint density at radius 2 is 2.03 bits per heavy atom. The molecule has 4 rings (SSSR count). The number of aromatic hydroxyl groups is 1. The Labute approximate surface area is 188 Å². The lowest BCUT2D eigenvalue weighted by Crippen LogP contribution is -2.47. The van der Waals surface area contributed by atoms with Crippen molar-refractivity contribution in [3.63, 3.8) is 0 Å². The lowest BCUT2D eigenvalue weighted by molar-refractivity contribution is -0.130. The number of halogens is 3. The number of rotatable bonds is 5. The summed E-state index contributed by atoms with van der Waals surface area (Å²) in [6.07, 6.45) is 0.0319. The van der Waals surface area contributed by atoms with Crippen molar-refractivity contribution >= 4 is 46.3 Å². The van der Waals surface area contributed by atoms with E-state index in [0.29, 0.717) is 22.7 Å². The summed E-state index contributed by atoms with van der Waals surface area (Å²) in [5.41, 5.74) is 0.404. The van der Waals surface area contributed by atoms with Gasteiger partial charge in [-0.2, -0.15) is 0 Å². The van der Waals surface area contributed by atoms with Crippen LogP contribution in [-0.2, 0) is 4.74 Å². The molecule has 1 fully saturated rings. The standard InChI is InChI=1S/C17H15Cl2FN4O4S2/c18-8-1-7(2-9(19)15(8)20)30-14-3-12(16(26)13(5-25)28-14)24-4-10(22-23-24)11-6-29-17(27)21-11/h1-2,4,6,12-14,16,25-26H,3,5H2,(H,21,27)/t12-,13-,14-,16-/m1/s1. The minimum absolute atomic E-state index is 0.0842. The minimum atomic E-state index is -1.04. The first-order chi connectivity index (χ1) is 14.4. The summed E-state index contributed by atoms with van der Waals surface area (Å²) in [5, 5.41) is 39.2. The van der Waals surface area contributed by atoms with Crippen LogP contribution in [0.4, 0.5) is 4.39 Å². The van der Waals surface area contributed by atoms with Gasteiger partial charge in [0, 0.05) is 16.7 Å². The smallest absolute Gasteiger partial charge is 0.271 e. The van der Waals surface area contributed by atoms with Crippen LogP contribution in [0.1, 0.15) is 12.5 Å². The summed E-state index contributed by atoms with van der Waals surface area (Å²) in [4.78, 5) is 4.54. The molecule has 3 N–H and O–H groups in total. The zero-order chi connectivity index (χ0) is 21.4. The van der Waals surface area contributed by atoms with E-state index in [1.807, 2.05) is 0 Å². The molecule has 3 aromatic rings. The van der Waals surface area contributed by atoms with Crippen molar-refractivity contribution < 1.29 is 24.4 Å². The van der Waals surface area contributed by atoms with Gasteiger partial charge in [-0.05, 0) is 12.1 Å². The van der Waals surface area contributed by atoms with Crippen molar-refractivity contribution in [2.45, 2.75) is 35.0 Å². The molecule has 0 unspecified atom stereocenters. The number of hydrogen-bond acceptors (Lipinski definition) is 9. The zero-order valence-electron chi connectivity index (χ0n) is 15.0. The lowest BCUT2D eigenvalue weighted by atomic mass is 10.00. The Bertz CT molecular complexity index is 1030. The second-order valence-electron chi connectivity index (χ2n) is 6.50. The fraction of sp³-hybridized carbons (Fsp3) is 0.353. The monoisotopic (exact) mass is 492 g/mol. The normalized spacial score (nSPS) is 24.3. The fourth-order valence-electron chi connectivity index (χ4n) is 3.10. The Morgan fingerprint density at radius 3 is 2.67 bits per heavy atom. The van der Waals surface area contributed by atoms with Crippen LogP contribution in [-0.4, -0.2) is 59.5 Å². The fourth-order valence-corrected chi connectivity index (χ4v) is 5.42. The van der Waals surface area contributed by atoms with E-state index in [4.69, 9.17) is 27.9 Å². The molecule has 0 bridgehead atoms. The third kappa shape index (κ3) is 4.42. The summed E-state index contributed by atoms with van der Waals surface area (Å²) in [6, 6.07) is 2.33. The van der Waals surface area contributed by atoms with Crippen molar-refractivity contribution in [1.82, 2.24) is 20.0 Å². The summed E-state index contributed by atoms with van der Waals surface area (Å²) in [5.74, 6) is -0.697. The van der Waals surface area contributed by atoms with E-state index in [1.165, 1.54) is 28.6 Å². The zero-order valence-corrected chi connectivity index (χ0v) is 18.2. The van der Waals surface area contributed by atoms with Crippen molar-refractivity contribution in [2.24, 2.45) is 0 Å². The van der Waals surface area contributed by atoms with Gasteiger partial charge in [0.2, 0.25) is 0 Å². The first-order valence-electron chi connectivity index (χ1n) is 8.68. The topological polar surface area (TPSA) is 114 Å². The van der Waals surface area contributed by atoms with Gasteiger partial charge in [-0.1, -0.05) is 51.5 Å². The number of benzene rings is 1. The third-order valence-corrected chi connectivity index (χ3v) is 6.81. The molecule has 1 aliphatic rings. The predicted molar refractivity (Wildman–Crippen MR) is 110 cm³/mol. The highest BCUT2D eigenvalue weighted by molar-refractivity contribution is 7.99. The minimum Gasteiger partial charge on any atom is -0.486 e. The molecule has 1 saturated heterocycles. The van der Waals surface area contributed by atoms with Crippen LogP contribution < -0.4 is 0 Å². The maximum Gasteiger partial charge on any atom is 0.271 e. The highest BCUT2D eigenvalue weighted by Gasteiger charge is 2.39. The van der Waals surface area contributed by atoms with Crippen molar-refractivity contribution in [3.8, 4) is 16.6 Å². The average molecular weight is 493 g/mol. The van der Waals surface area contributed by atoms with Crippen LogP contribution in [0.15, 0.2) is 28.6 Å². The van der Waals surface area contributed by atoms with Crippen molar-refractivity contribution in [2.75, 3.05) is 6.61 Å². The lowest BCUT2D eigenvalue weighted by Gasteiger charge is -2.38. The number of aromatic nitrogens is 4. The molecule has 0 radical (unpaired) electrons. The molecule has 0 saturated carbocycles. The van der Waals surface area contributed by atoms with Crippen LogP contribution in [0.2, 0.25) is 10.0 Å². The Kier molecular flexibility index (Phi) is 6.49. The Morgan fingerprint density at radius 1 is 1.30 bits per heavy atom. The molecular formula is C17H15Cl2FN4O4S2. The van der Waals surface area contributed by atoms with E-state index in [9.17, 15) is 19.7 Å². The molecule has 30 heavy (non-hydrogen) atoms. The summed E-state index contributed by atoms with van der Waals surface area (Å²) in [7, 11) is 0. The van der Waals surface area contributed by atoms with Crippen LogP contribution in [0, 0.1) is 5.82 Å². The molecule has 13 heteroatoms.